The van der Waals surface area contributed by atoms with Gasteiger partial charge in [-0.2, -0.15) is 0 Å². The van der Waals surface area contributed by atoms with Crippen molar-refractivity contribution in [1.29, 1.82) is 0 Å². The number of para-hydroxylation sites is 1. The molecule has 0 amide bonds. The second kappa shape index (κ2) is 4.85. The summed E-state index contributed by atoms with van der Waals surface area (Å²) in [6.45, 7) is 1.99. The number of rotatable bonds is 2. The molecule has 0 fully saturated rings. The van der Waals surface area contributed by atoms with Gasteiger partial charge in [0.1, 0.15) is 5.75 Å². The molecule has 2 nitrogen and oxygen atoms in total. The maximum atomic E-state index is 5.80. The van der Waals surface area contributed by atoms with Crippen molar-refractivity contribution in [2.45, 2.75) is 6.92 Å². The average Bonchev–Trinajstić information content (AvgIpc) is 2.25. The van der Waals surface area contributed by atoms with Gasteiger partial charge in [0, 0.05) is 6.20 Å². The molecule has 0 N–H and O–H groups in total. The minimum atomic E-state index is 0.513. The van der Waals surface area contributed by atoms with Gasteiger partial charge < -0.3 is 4.74 Å². The molecule has 2 rings (SSSR count). The van der Waals surface area contributed by atoms with Crippen molar-refractivity contribution in [1.82, 2.24) is 4.98 Å². The number of halogens is 2. The number of benzene rings is 1. The van der Waals surface area contributed by atoms with Gasteiger partial charge in [0.25, 0.3) is 0 Å². The summed E-state index contributed by atoms with van der Waals surface area (Å²) in [6.07, 6.45) is 1.56. The summed E-state index contributed by atoms with van der Waals surface area (Å²) >= 11 is 9.16. The van der Waals surface area contributed by atoms with E-state index < -0.39 is 0 Å². The lowest BCUT2D eigenvalue weighted by Gasteiger charge is -2.08. The number of hydrogen-bond donors (Lipinski definition) is 0. The zero-order chi connectivity index (χ0) is 11.5. The van der Waals surface area contributed by atoms with Crippen LogP contribution < -0.4 is 4.74 Å². The van der Waals surface area contributed by atoms with Crippen LogP contribution in [0.15, 0.2) is 41.0 Å². The number of hydrogen-bond acceptors (Lipinski definition) is 2. The van der Waals surface area contributed by atoms with Crippen LogP contribution in [0.5, 0.6) is 11.6 Å². The van der Waals surface area contributed by atoms with Gasteiger partial charge in [0.05, 0.1) is 9.50 Å². The van der Waals surface area contributed by atoms with Crippen LogP contribution in [0, 0.1) is 6.92 Å². The number of nitrogens with zero attached hydrogens (tertiary/aromatic N) is 1. The van der Waals surface area contributed by atoms with Crippen LogP contribution >= 0.6 is 27.5 Å². The zero-order valence-corrected chi connectivity index (χ0v) is 10.9. The number of pyridine rings is 1. The van der Waals surface area contributed by atoms with Crippen molar-refractivity contribution in [2.24, 2.45) is 0 Å². The standard InChI is InChI=1S/C12H9BrClNO/c1-8-4-2-3-5-11(8)16-12-10(13)6-9(14)7-15-12/h2-7H,1H3. The third kappa shape index (κ3) is 2.54. The van der Waals surface area contributed by atoms with Crippen molar-refractivity contribution >= 4 is 27.5 Å². The van der Waals surface area contributed by atoms with Gasteiger partial charge in [0.2, 0.25) is 5.88 Å². The van der Waals surface area contributed by atoms with E-state index in [1.54, 1.807) is 12.3 Å². The van der Waals surface area contributed by atoms with E-state index in [2.05, 4.69) is 20.9 Å². The predicted octanol–water partition coefficient (Wildman–Crippen LogP) is 4.60. The zero-order valence-electron chi connectivity index (χ0n) is 8.58. The maximum Gasteiger partial charge on any atom is 0.233 e. The summed E-state index contributed by atoms with van der Waals surface area (Å²) in [4.78, 5) is 4.11. The Hall–Kier alpha value is -1.06. The lowest BCUT2D eigenvalue weighted by molar-refractivity contribution is 0.456. The van der Waals surface area contributed by atoms with Crippen molar-refractivity contribution in [2.75, 3.05) is 0 Å². The molecule has 0 spiro atoms. The lowest BCUT2D eigenvalue weighted by atomic mass is 10.2. The molecule has 0 saturated carbocycles. The molecule has 0 aliphatic carbocycles. The fourth-order valence-corrected chi connectivity index (χ4v) is 1.97. The monoisotopic (exact) mass is 297 g/mol. The molecule has 0 atom stereocenters. The van der Waals surface area contributed by atoms with Crippen LogP contribution in [-0.2, 0) is 0 Å². The molecule has 1 aromatic heterocycles. The minimum absolute atomic E-state index is 0.513. The van der Waals surface area contributed by atoms with E-state index in [1.807, 2.05) is 31.2 Å². The quantitative estimate of drug-likeness (QED) is 0.808. The minimum Gasteiger partial charge on any atom is -0.438 e. The first-order valence-electron chi connectivity index (χ1n) is 4.71. The van der Waals surface area contributed by atoms with E-state index in [1.165, 1.54) is 0 Å². The highest BCUT2D eigenvalue weighted by Crippen LogP contribution is 2.30. The van der Waals surface area contributed by atoms with Gasteiger partial charge in [-0.3, -0.25) is 0 Å². The summed E-state index contributed by atoms with van der Waals surface area (Å²) in [5, 5.41) is 0.573. The van der Waals surface area contributed by atoms with Crippen LogP contribution in [-0.4, -0.2) is 4.98 Å². The first-order chi connectivity index (χ1) is 7.66. The van der Waals surface area contributed by atoms with Crippen LogP contribution in [0.3, 0.4) is 0 Å². The number of aryl methyl sites for hydroxylation is 1. The Morgan fingerprint density at radius 3 is 2.75 bits per heavy atom. The fraction of sp³-hybridized carbons (Fsp3) is 0.0833. The van der Waals surface area contributed by atoms with E-state index in [9.17, 15) is 0 Å². The molecular formula is C12H9BrClNO. The van der Waals surface area contributed by atoms with E-state index in [0.29, 0.717) is 10.9 Å². The van der Waals surface area contributed by atoms with Crippen LogP contribution in [0.25, 0.3) is 0 Å². The highest BCUT2D eigenvalue weighted by molar-refractivity contribution is 9.10. The Bertz CT molecular complexity index is 516. The van der Waals surface area contributed by atoms with Crippen molar-refractivity contribution in [3.63, 3.8) is 0 Å². The molecule has 82 valence electrons. The van der Waals surface area contributed by atoms with Gasteiger partial charge in [-0.25, -0.2) is 4.98 Å². The summed E-state index contributed by atoms with van der Waals surface area (Å²) in [6, 6.07) is 9.53. The molecule has 0 radical (unpaired) electrons. The molecule has 0 unspecified atom stereocenters. The summed E-state index contributed by atoms with van der Waals surface area (Å²) < 4.78 is 6.42. The fourth-order valence-electron chi connectivity index (χ4n) is 1.25. The van der Waals surface area contributed by atoms with Crippen molar-refractivity contribution in [3.05, 3.63) is 51.6 Å². The first-order valence-corrected chi connectivity index (χ1v) is 5.88. The number of ether oxygens (including phenoxy) is 1. The normalized spacial score (nSPS) is 10.2. The molecule has 0 bridgehead atoms. The largest absolute Gasteiger partial charge is 0.438 e. The van der Waals surface area contributed by atoms with E-state index >= 15 is 0 Å². The lowest BCUT2D eigenvalue weighted by Crippen LogP contribution is -1.90. The summed E-state index contributed by atoms with van der Waals surface area (Å²) in [5.41, 5.74) is 1.06. The molecule has 0 aliphatic rings. The van der Waals surface area contributed by atoms with Gasteiger partial charge in [0.15, 0.2) is 0 Å². The second-order valence-electron chi connectivity index (χ2n) is 3.31. The second-order valence-corrected chi connectivity index (χ2v) is 4.60. The van der Waals surface area contributed by atoms with E-state index in [4.69, 9.17) is 16.3 Å². The van der Waals surface area contributed by atoms with E-state index in [0.717, 1.165) is 15.8 Å². The molecule has 1 aromatic carbocycles. The Kier molecular flexibility index (Phi) is 3.46. The Morgan fingerprint density at radius 2 is 2.06 bits per heavy atom. The SMILES string of the molecule is Cc1ccccc1Oc1ncc(Cl)cc1Br. The third-order valence-electron chi connectivity index (χ3n) is 2.07. The topological polar surface area (TPSA) is 22.1 Å². The molecule has 16 heavy (non-hydrogen) atoms. The molecule has 0 aliphatic heterocycles. The van der Waals surface area contributed by atoms with Gasteiger partial charge in [-0.1, -0.05) is 29.8 Å². The van der Waals surface area contributed by atoms with Crippen LogP contribution in [0.2, 0.25) is 5.02 Å². The molecule has 1 heterocycles. The molecule has 2 aromatic rings. The molecule has 0 saturated heterocycles. The Morgan fingerprint density at radius 1 is 1.31 bits per heavy atom. The maximum absolute atomic E-state index is 5.80. The smallest absolute Gasteiger partial charge is 0.233 e. The molecule has 4 heteroatoms. The highest BCUT2D eigenvalue weighted by atomic mass is 79.9. The Balaban J connectivity index is 2.31. The Labute approximate surface area is 107 Å². The van der Waals surface area contributed by atoms with Crippen LogP contribution in [0.4, 0.5) is 0 Å². The summed E-state index contributed by atoms with van der Waals surface area (Å²) in [7, 11) is 0. The van der Waals surface area contributed by atoms with Gasteiger partial charge in [-0.05, 0) is 40.5 Å². The summed E-state index contributed by atoms with van der Waals surface area (Å²) in [5.74, 6) is 1.30. The van der Waals surface area contributed by atoms with Gasteiger partial charge in [-0.15, -0.1) is 0 Å². The first kappa shape index (κ1) is 11.4. The third-order valence-corrected chi connectivity index (χ3v) is 2.85. The average molecular weight is 299 g/mol. The van der Waals surface area contributed by atoms with Crippen molar-refractivity contribution < 1.29 is 4.74 Å². The molecular weight excluding hydrogens is 289 g/mol. The number of aromatic nitrogens is 1. The highest BCUT2D eigenvalue weighted by Gasteiger charge is 2.06. The van der Waals surface area contributed by atoms with Crippen molar-refractivity contribution in [3.8, 4) is 11.6 Å². The predicted molar refractivity (Wildman–Crippen MR) is 68.2 cm³/mol. The van der Waals surface area contributed by atoms with Gasteiger partial charge >= 0.3 is 0 Å². The van der Waals surface area contributed by atoms with Crippen LogP contribution in [0.1, 0.15) is 5.56 Å². The van der Waals surface area contributed by atoms with E-state index in [-0.39, 0.29) is 0 Å².